The molecule has 3 N–H and O–H groups in total. The summed E-state index contributed by atoms with van der Waals surface area (Å²) in [6, 6.07) is 0. The lowest BCUT2D eigenvalue weighted by molar-refractivity contribution is 0.331. The molecular weight excluding hydrogens is 139 g/mol. The minimum Gasteiger partial charge on any atom is -0.196 e. The third-order valence-corrected chi connectivity index (χ3v) is 1.68. The first-order valence-corrected chi connectivity index (χ1v) is 3.21. The fraction of sp³-hybridized carbons (Fsp3) is 0. The van der Waals surface area contributed by atoms with Gasteiger partial charge in [0, 0.05) is 0 Å². The van der Waals surface area contributed by atoms with Crippen LogP contribution in [-0.4, -0.2) is 8.42 Å². The molecule has 0 aliphatic carbocycles. The van der Waals surface area contributed by atoms with Crippen molar-refractivity contribution < 1.29 is 12.7 Å². The van der Waals surface area contributed by atoms with Crippen molar-refractivity contribution in [1.82, 2.24) is 4.49 Å². The maximum atomic E-state index is 9.89. The molecule has 7 heteroatoms. The van der Waals surface area contributed by atoms with Crippen LogP contribution >= 0.6 is 9.39 Å². The predicted octanol–water partition coefficient (Wildman–Crippen LogP) is -1.50. The molecule has 5 nitrogen and oxygen atoms in total. The lowest BCUT2D eigenvalue weighted by Gasteiger charge is -1.91. The molecule has 0 radical (unpaired) electrons. The van der Waals surface area contributed by atoms with Crippen molar-refractivity contribution in [3.05, 3.63) is 0 Å². The first-order chi connectivity index (χ1) is 3.12. The molecule has 0 saturated carbocycles. The fourth-order valence-electron chi connectivity index (χ4n) is 0.0278. The van der Waals surface area contributed by atoms with Crippen LogP contribution in [0.2, 0.25) is 0 Å². The van der Waals surface area contributed by atoms with Crippen molar-refractivity contribution in [3.63, 3.8) is 0 Å². The van der Waals surface area contributed by atoms with E-state index in [1.165, 1.54) is 0 Å². The van der Waals surface area contributed by atoms with Crippen LogP contribution in [0.4, 0.5) is 0 Å². The smallest absolute Gasteiger partial charge is 0.196 e. The van der Waals surface area contributed by atoms with Gasteiger partial charge in [0.15, 0.2) is 0 Å². The van der Waals surface area contributed by atoms with Gasteiger partial charge in [-0.05, 0) is 9.39 Å². The molecule has 0 aromatic rings. The van der Waals surface area contributed by atoms with Crippen LogP contribution in [0.15, 0.2) is 0 Å². The van der Waals surface area contributed by atoms with Gasteiger partial charge in [-0.25, -0.2) is 0 Å². The number of hydrogen-bond donors (Lipinski definition) is 2. The highest BCUT2D eigenvalue weighted by molar-refractivity contribution is 7.87. The van der Waals surface area contributed by atoms with Gasteiger partial charge in [-0.2, -0.15) is 23.1 Å². The van der Waals surface area contributed by atoms with Gasteiger partial charge in [-0.15, -0.1) is 0 Å². The second kappa shape index (κ2) is 2.54. The Kier molecular flexibility index (Phi) is 2.63. The minimum atomic E-state index is -3.67. The summed E-state index contributed by atoms with van der Waals surface area (Å²) < 4.78 is 24.9. The second-order valence-corrected chi connectivity index (χ2v) is 2.71. The van der Waals surface area contributed by atoms with Crippen molar-refractivity contribution in [3.8, 4) is 0 Å². The van der Waals surface area contributed by atoms with E-state index in [0.29, 0.717) is 0 Å². The highest BCUT2D eigenvalue weighted by atomic mass is 32.2. The summed E-state index contributed by atoms with van der Waals surface area (Å²) in [5.74, 6) is 4.25. The Morgan fingerprint density at radius 1 is 1.71 bits per heavy atom. The first kappa shape index (κ1) is 7.26. The normalized spacial score (nSPS) is 11.7. The molecule has 0 aromatic carbocycles. The number of nitrogens with two attached hydrogens (primary N) is 1. The molecule has 0 saturated heterocycles. The van der Waals surface area contributed by atoms with E-state index in [1.807, 2.05) is 0 Å². The van der Waals surface area contributed by atoms with Gasteiger partial charge in [0.2, 0.25) is 0 Å². The standard InChI is InChI=1S/H5N2O3PS/c1-5-7(3,4)2-6/h2H,1,6H2. The van der Waals surface area contributed by atoms with Crippen molar-refractivity contribution in [2.75, 3.05) is 0 Å². The van der Waals surface area contributed by atoms with Gasteiger partial charge < -0.3 is 0 Å². The highest BCUT2D eigenvalue weighted by Crippen LogP contribution is 1.81. The van der Waals surface area contributed by atoms with Gasteiger partial charge in [0.1, 0.15) is 0 Å². The summed E-state index contributed by atoms with van der Waals surface area (Å²) in [6.07, 6.45) is 0. The summed E-state index contributed by atoms with van der Waals surface area (Å²) in [5.41, 5.74) is 0. The molecule has 0 fully saturated rings. The van der Waals surface area contributed by atoms with Crippen LogP contribution in [0.5, 0.6) is 0 Å². The molecule has 0 rings (SSSR count). The third kappa shape index (κ3) is 2.90. The van der Waals surface area contributed by atoms with Gasteiger partial charge in [-0.3, -0.25) is 0 Å². The van der Waals surface area contributed by atoms with Crippen molar-refractivity contribution in [2.45, 2.75) is 0 Å². The van der Waals surface area contributed by atoms with E-state index < -0.39 is 10.3 Å². The summed E-state index contributed by atoms with van der Waals surface area (Å²) in [4.78, 5) is 0. The molecular formula is H5N2O3PS. The maximum Gasteiger partial charge on any atom is 0.354 e. The average molecular weight is 144 g/mol. The predicted molar refractivity (Wildman–Crippen MR) is 27.0 cm³/mol. The molecule has 0 aromatic heterocycles. The van der Waals surface area contributed by atoms with E-state index in [2.05, 4.69) is 10.2 Å². The van der Waals surface area contributed by atoms with E-state index in [0.717, 1.165) is 0 Å². The molecule has 0 bridgehead atoms. The summed E-state index contributed by atoms with van der Waals surface area (Å²) in [6.45, 7) is 0. The molecule has 0 aliphatic rings. The largest absolute Gasteiger partial charge is 0.354 e. The third-order valence-electron chi connectivity index (χ3n) is 0.271. The van der Waals surface area contributed by atoms with Crippen molar-refractivity contribution in [1.29, 1.82) is 0 Å². The van der Waals surface area contributed by atoms with Crippen LogP contribution in [-0.2, 0) is 14.6 Å². The molecule has 0 spiro atoms. The zero-order valence-corrected chi connectivity index (χ0v) is 5.26. The Morgan fingerprint density at radius 2 is 2.14 bits per heavy atom. The van der Waals surface area contributed by atoms with Crippen LogP contribution in [0, 0.1) is 0 Å². The molecule has 1 atom stereocenters. The van der Waals surface area contributed by atoms with Crippen LogP contribution in [0.25, 0.3) is 0 Å². The van der Waals surface area contributed by atoms with Crippen LogP contribution < -0.4 is 10.4 Å². The summed E-state index contributed by atoms with van der Waals surface area (Å²) >= 11 is 0. The average Bonchev–Trinajstić information content (AvgIpc) is 1.68. The lowest BCUT2D eigenvalue weighted by Crippen LogP contribution is -2.19. The second-order valence-electron chi connectivity index (χ2n) is 0.668. The summed E-state index contributed by atoms with van der Waals surface area (Å²) in [7, 11) is -1.94. The van der Waals surface area contributed by atoms with E-state index in [9.17, 15) is 8.42 Å². The van der Waals surface area contributed by atoms with Gasteiger partial charge >= 0.3 is 10.3 Å². The fourth-order valence-corrected chi connectivity index (χ4v) is 0.250. The van der Waals surface area contributed by atoms with Crippen LogP contribution in [0.3, 0.4) is 0 Å². The van der Waals surface area contributed by atoms with Crippen molar-refractivity contribution in [2.24, 2.45) is 5.90 Å². The quantitative estimate of drug-likeness (QED) is 0.365. The molecule has 7 heavy (non-hydrogen) atoms. The number of rotatable bonds is 2. The Hall–Kier alpha value is 0.260. The minimum absolute atomic E-state index is 1.73. The van der Waals surface area contributed by atoms with E-state index in [1.54, 1.807) is 13.9 Å². The lowest BCUT2D eigenvalue weighted by atomic mass is 13.6. The SMILES string of the molecule is NOS(=O)(=O)NP. The molecule has 1 unspecified atom stereocenters. The topological polar surface area (TPSA) is 81.4 Å². The summed E-state index contributed by atoms with van der Waals surface area (Å²) in [5, 5.41) is 0. The van der Waals surface area contributed by atoms with E-state index in [4.69, 9.17) is 0 Å². The highest BCUT2D eigenvalue weighted by Gasteiger charge is 2.00. The maximum absolute atomic E-state index is 9.89. The Bertz CT molecular complexity index is 116. The Balaban J connectivity index is 3.89. The molecule has 44 valence electrons. The Labute approximate surface area is 43.7 Å². The van der Waals surface area contributed by atoms with Gasteiger partial charge in [0.05, 0.1) is 0 Å². The van der Waals surface area contributed by atoms with Gasteiger partial charge in [0.25, 0.3) is 0 Å². The number of nitrogens with one attached hydrogen (secondary N) is 1. The van der Waals surface area contributed by atoms with Gasteiger partial charge in [-0.1, -0.05) is 0 Å². The Morgan fingerprint density at radius 3 is 2.14 bits per heavy atom. The zero-order chi connectivity index (χ0) is 5.91. The van der Waals surface area contributed by atoms with Crippen LogP contribution in [0.1, 0.15) is 0 Å². The molecule has 0 aliphatic heterocycles. The monoisotopic (exact) mass is 144 g/mol. The molecule has 0 amide bonds. The van der Waals surface area contributed by atoms with E-state index in [-0.39, 0.29) is 0 Å². The number of hydrogen-bond acceptors (Lipinski definition) is 4. The van der Waals surface area contributed by atoms with E-state index >= 15 is 0 Å². The zero-order valence-electron chi connectivity index (χ0n) is 3.29. The van der Waals surface area contributed by atoms with Crippen molar-refractivity contribution >= 4 is 19.7 Å². The first-order valence-electron chi connectivity index (χ1n) is 1.23. The molecule has 0 heterocycles.